The lowest BCUT2D eigenvalue weighted by molar-refractivity contribution is 0.668. The Morgan fingerprint density at radius 1 is 0.356 bits per heavy atom. The minimum absolute atomic E-state index is 0.896. The van der Waals surface area contributed by atoms with Crippen LogP contribution in [-0.2, 0) is 0 Å². The number of furan rings is 1. The van der Waals surface area contributed by atoms with Gasteiger partial charge in [0.05, 0.1) is 22.1 Å². The highest BCUT2D eigenvalue weighted by Gasteiger charge is 2.21. The molecule has 3 nitrogen and oxygen atoms in total. The highest BCUT2D eigenvalue weighted by atomic mass is 16.3. The van der Waals surface area contributed by atoms with Crippen LogP contribution in [0.15, 0.2) is 162 Å². The summed E-state index contributed by atoms with van der Waals surface area (Å²) in [5.41, 5.74) is 11.2. The fourth-order valence-electron chi connectivity index (χ4n) is 7.36. The molecule has 0 bridgehead atoms. The Morgan fingerprint density at radius 2 is 1.00 bits per heavy atom. The van der Waals surface area contributed by atoms with Crippen LogP contribution in [0.4, 0.5) is 0 Å². The van der Waals surface area contributed by atoms with Crippen molar-refractivity contribution in [3.8, 4) is 22.5 Å². The van der Waals surface area contributed by atoms with Crippen LogP contribution in [-0.4, -0.2) is 9.13 Å². The summed E-state index contributed by atoms with van der Waals surface area (Å²) in [5.74, 6) is 0. The molecule has 0 N–H and O–H groups in total. The van der Waals surface area contributed by atoms with Crippen molar-refractivity contribution in [2.24, 2.45) is 0 Å². The molecule has 45 heavy (non-hydrogen) atoms. The summed E-state index contributed by atoms with van der Waals surface area (Å²) >= 11 is 0. The lowest BCUT2D eigenvalue weighted by Gasteiger charge is -2.12. The second-order valence-corrected chi connectivity index (χ2v) is 11.8. The molecule has 0 fully saturated rings. The van der Waals surface area contributed by atoms with Crippen molar-refractivity contribution >= 4 is 65.6 Å². The van der Waals surface area contributed by atoms with E-state index in [1.165, 1.54) is 54.7 Å². The Balaban J connectivity index is 1.32. The zero-order chi connectivity index (χ0) is 29.5. The van der Waals surface area contributed by atoms with Gasteiger partial charge in [-0.1, -0.05) is 103 Å². The van der Waals surface area contributed by atoms with E-state index in [1.54, 1.807) is 0 Å². The Morgan fingerprint density at radius 3 is 1.87 bits per heavy atom. The highest BCUT2D eigenvalue weighted by Crippen LogP contribution is 2.42. The smallest absolute Gasteiger partial charge is 0.137 e. The molecule has 3 aromatic heterocycles. The fourth-order valence-corrected chi connectivity index (χ4v) is 7.36. The van der Waals surface area contributed by atoms with Crippen LogP contribution in [0.1, 0.15) is 0 Å². The molecule has 0 amide bonds. The monoisotopic (exact) mass is 574 g/mol. The van der Waals surface area contributed by atoms with Gasteiger partial charge in [-0.25, -0.2) is 0 Å². The summed E-state index contributed by atoms with van der Waals surface area (Å²) < 4.78 is 11.2. The number of hydrogen-bond donors (Lipinski definition) is 0. The number of fused-ring (bicyclic) bond motifs is 10. The maximum Gasteiger partial charge on any atom is 0.137 e. The first kappa shape index (κ1) is 24.4. The van der Waals surface area contributed by atoms with Gasteiger partial charge < -0.3 is 13.6 Å². The molecule has 0 unspecified atom stereocenters. The average molecular weight is 575 g/mol. The van der Waals surface area contributed by atoms with Gasteiger partial charge in [-0.2, -0.15) is 0 Å². The van der Waals surface area contributed by atoms with Gasteiger partial charge in [0.15, 0.2) is 0 Å². The molecule has 0 aliphatic rings. The van der Waals surface area contributed by atoms with E-state index in [-0.39, 0.29) is 0 Å². The summed E-state index contributed by atoms with van der Waals surface area (Å²) in [6, 6.07) is 56.5. The summed E-state index contributed by atoms with van der Waals surface area (Å²) in [7, 11) is 0. The zero-order valence-electron chi connectivity index (χ0n) is 24.3. The highest BCUT2D eigenvalue weighted by molar-refractivity contribution is 6.26. The van der Waals surface area contributed by atoms with Crippen LogP contribution in [0.5, 0.6) is 0 Å². The van der Waals surface area contributed by atoms with E-state index in [4.69, 9.17) is 4.42 Å². The van der Waals surface area contributed by atoms with Gasteiger partial charge in [0.1, 0.15) is 11.2 Å². The topological polar surface area (TPSA) is 23.0 Å². The molecule has 3 heteroatoms. The normalized spacial score (nSPS) is 12.0. The van der Waals surface area contributed by atoms with E-state index in [1.807, 2.05) is 12.1 Å². The van der Waals surface area contributed by atoms with Gasteiger partial charge in [0.25, 0.3) is 0 Å². The molecule has 3 heterocycles. The minimum atomic E-state index is 0.896. The van der Waals surface area contributed by atoms with Crippen molar-refractivity contribution in [3.63, 3.8) is 0 Å². The molecule has 10 aromatic rings. The van der Waals surface area contributed by atoms with Crippen molar-refractivity contribution in [3.05, 3.63) is 158 Å². The van der Waals surface area contributed by atoms with E-state index in [0.717, 1.165) is 33.3 Å². The van der Waals surface area contributed by atoms with Crippen LogP contribution < -0.4 is 0 Å². The van der Waals surface area contributed by atoms with Gasteiger partial charge in [0.2, 0.25) is 0 Å². The van der Waals surface area contributed by atoms with Gasteiger partial charge in [-0.15, -0.1) is 0 Å². The first-order valence-corrected chi connectivity index (χ1v) is 15.4. The SMILES string of the molecule is c1ccc(-c2cccc(-n3c4ccccc4c4ccc5c(c6ccccc6n5-c5ccc6c(c5)oc5ccccc56)c43)c2)cc1. The summed E-state index contributed by atoms with van der Waals surface area (Å²) in [6.07, 6.45) is 0. The Bertz CT molecular complexity index is 2760. The van der Waals surface area contributed by atoms with Crippen molar-refractivity contribution in [1.82, 2.24) is 9.13 Å². The molecule has 0 saturated carbocycles. The Hall–Kier alpha value is -6.06. The number of aromatic nitrogens is 2. The molecule has 210 valence electrons. The molecular weight excluding hydrogens is 548 g/mol. The van der Waals surface area contributed by atoms with E-state index in [0.29, 0.717) is 0 Å². The standard InChI is InChI=1S/C42H26N2O/c1-2-11-27(12-3-1)28-13-10-14-29(25-28)44-36-18-7-4-15-31(36)34-23-24-38-41(42(34)44)35-17-5-8-19-37(35)43(38)30-21-22-33-32-16-6-9-20-39(32)45-40(33)26-30/h1-26H. The molecule has 0 radical (unpaired) electrons. The molecular formula is C42H26N2O. The van der Waals surface area contributed by atoms with Crippen LogP contribution in [0.2, 0.25) is 0 Å². The Labute approximate surface area is 258 Å². The first-order valence-electron chi connectivity index (χ1n) is 15.4. The largest absolute Gasteiger partial charge is 0.456 e. The maximum absolute atomic E-state index is 6.33. The predicted octanol–water partition coefficient (Wildman–Crippen LogP) is 11.4. The number of rotatable bonds is 3. The molecule has 0 aliphatic heterocycles. The second kappa shape index (κ2) is 9.22. The number of nitrogens with zero attached hydrogens (tertiary/aromatic N) is 2. The molecule has 0 aliphatic carbocycles. The van der Waals surface area contributed by atoms with E-state index in [9.17, 15) is 0 Å². The van der Waals surface area contributed by atoms with Gasteiger partial charge in [0, 0.05) is 49.8 Å². The van der Waals surface area contributed by atoms with E-state index >= 15 is 0 Å². The number of benzene rings is 7. The van der Waals surface area contributed by atoms with E-state index in [2.05, 4.69) is 155 Å². The van der Waals surface area contributed by atoms with Crippen LogP contribution in [0, 0.1) is 0 Å². The predicted molar refractivity (Wildman–Crippen MR) is 188 cm³/mol. The lowest BCUT2D eigenvalue weighted by Crippen LogP contribution is -1.96. The van der Waals surface area contributed by atoms with Crippen molar-refractivity contribution in [1.29, 1.82) is 0 Å². The van der Waals surface area contributed by atoms with Crippen molar-refractivity contribution in [2.45, 2.75) is 0 Å². The lowest BCUT2D eigenvalue weighted by atomic mass is 10.0. The van der Waals surface area contributed by atoms with Gasteiger partial charge in [-0.05, 0) is 59.7 Å². The average Bonchev–Trinajstić information content (AvgIpc) is 3.76. The molecule has 0 spiro atoms. The third kappa shape index (κ3) is 3.46. The number of para-hydroxylation sites is 3. The third-order valence-electron chi connectivity index (χ3n) is 9.30. The summed E-state index contributed by atoms with van der Waals surface area (Å²) in [5, 5.41) is 7.25. The van der Waals surface area contributed by atoms with Gasteiger partial charge in [-0.3, -0.25) is 0 Å². The fraction of sp³-hybridized carbons (Fsp3) is 0. The van der Waals surface area contributed by atoms with Crippen molar-refractivity contribution in [2.75, 3.05) is 0 Å². The minimum Gasteiger partial charge on any atom is -0.456 e. The number of hydrogen-bond acceptors (Lipinski definition) is 1. The van der Waals surface area contributed by atoms with Gasteiger partial charge >= 0.3 is 0 Å². The zero-order valence-corrected chi connectivity index (χ0v) is 24.3. The summed E-state index contributed by atoms with van der Waals surface area (Å²) in [4.78, 5) is 0. The molecule has 0 saturated heterocycles. The van der Waals surface area contributed by atoms with Crippen LogP contribution in [0.25, 0.3) is 88.1 Å². The summed E-state index contributed by atoms with van der Waals surface area (Å²) in [6.45, 7) is 0. The first-order chi connectivity index (χ1) is 22.3. The second-order valence-electron chi connectivity index (χ2n) is 11.8. The molecule has 0 atom stereocenters. The van der Waals surface area contributed by atoms with Crippen LogP contribution in [0.3, 0.4) is 0 Å². The Kier molecular flexibility index (Phi) is 5.00. The van der Waals surface area contributed by atoms with Crippen LogP contribution >= 0.6 is 0 Å². The maximum atomic E-state index is 6.33. The molecule has 10 rings (SSSR count). The molecule has 7 aromatic carbocycles. The third-order valence-corrected chi connectivity index (χ3v) is 9.30. The quantitative estimate of drug-likeness (QED) is 0.206. The van der Waals surface area contributed by atoms with E-state index < -0.39 is 0 Å². The van der Waals surface area contributed by atoms with Crippen molar-refractivity contribution < 1.29 is 4.42 Å².